The van der Waals surface area contributed by atoms with Crippen LogP contribution in [0, 0.1) is 0 Å². The number of urea groups is 1. The van der Waals surface area contributed by atoms with Crippen LogP contribution in [0.4, 0.5) is 4.79 Å². The fourth-order valence-corrected chi connectivity index (χ4v) is 2.30. The van der Waals surface area contributed by atoms with E-state index in [0.717, 1.165) is 6.42 Å². The normalized spacial score (nSPS) is 13.8. The van der Waals surface area contributed by atoms with E-state index in [-0.39, 0.29) is 19.3 Å². The van der Waals surface area contributed by atoms with Gasteiger partial charge < -0.3 is 25.2 Å². The number of ether oxygens (including phenoxy) is 2. The topological polar surface area (TPSA) is 131 Å². The summed E-state index contributed by atoms with van der Waals surface area (Å²) in [6.07, 6.45) is 1.53. The van der Waals surface area contributed by atoms with Crippen molar-refractivity contribution in [3.63, 3.8) is 0 Å². The second-order valence-corrected chi connectivity index (χ2v) is 8.86. The zero-order valence-electron chi connectivity index (χ0n) is 18.6. The number of carboxylic acid groups (broad SMARTS) is 1. The van der Waals surface area contributed by atoms with Crippen molar-refractivity contribution in [1.82, 2.24) is 10.6 Å². The molecule has 0 aromatic heterocycles. The van der Waals surface area contributed by atoms with E-state index in [1.54, 1.807) is 41.5 Å². The fraction of sp³-hybridized carbons (Fsp3) is 0.800. The van der Waals surface area contributed by atoms with Crippen molar-refractivity contribution >= 4 is 23.9 Å². The summed E-state index contributed by atoms with van der Waals surface area (Å²) in [6.45, 7) is 12.1. The Morgan fingerprint density at radius 2 is 1.38 bits per heavy atom. The quantitative estimate of drug-likeness (QED) is 0.467. The van der Waals surface area contributed by atoms with Gasteiger partial charge in [0.1, 0.15) is 23.3 Å². The van der Waals surface area contributed by atoms with Gasteiger partial charge in [-0.2, -0.15) is 0 Å². The number of esters is 2. The third-order valence-corrected chi connectivity index (χ3v) is 3.50. The van der Waals surface area contributed by atoms with Gasteiger partial charge >= 0.3 is 23.9 Å². The standard InChI is InChI=1S/C20H36N2O7/c1-8-9-10-13(16(24)25)21-18(27)22-14(17(26)29-20(5,6)7)11-12-15(23)28-19(2,3)4/h13-14H,8-12H2,1-7H3,(H,24,25)(H2,21,22,27)/t13?,14-/m0/s1. The van der Waals surface area contributed by atoms with Crippen LogP contribution in [0.3, 0.4) is 0 Å². The van der Waals surface area contributed by atoms with Gasteiger partial charge in [0.25, 0.3) is 0 Å². The molecule has 0 rings (SSSR count). The molecule has 9 heteroatoms. The molecule has 0 saturated carbocycles. The minimum atomic E-state index is -1.16. The highest BCUT2D eigenvalue weighted by molar-refractivity contribution is 5.87. The van der Waals surface area contributed by atoms with Crippen LogP contribution >= 0.6 is 0 Å². The summed E-state index contributed by atoms with van der Waals surface area (Å²) in [7, 11) is 0. The number of carboxylic acids is 1. The first-order chi connectivity index (χ1) is 13.1. The van der Waals surface area contributed by atoms with Crippen LogP contribution in [0.15, 0.2) is 0 Å². The van der Waals surface area contributed by atoms with Crippen LogP contribution in [0.1, 0.15) is 80.6 Å². The highest BCUT2D eigenvalue weighted by Gasteiger charge is 2.29. The van der Waals surface area contributed by atoms with Gasteiger partial charge in [0, 0.05) is 6.42 Å². The van der Waals surface area contributed by atoms with E-state index in [1.165, 1.54) is 0 Å². The molecule has 0 aliphatic heterocycles. The molecule has 3 N–H and O–H groups in total. The van der Waals surface area contributed by atoms with Crippen molar-refractivity contribution < 1.29 is 33.8 Å². The summed E-state index contributed by atoms with van der Waals surface area (Å²) >= 11 is 0. The summed E-state index contributed by atoms with van der Waals surface area (Å²) in [5.41, 5.74) is -1.46. The molecule has 0 saturated heterocycles. The number of rotatable bonds is 10. The molecule has 9 nitrogen and oxygen atoms in total. The first-order valence-corrected chi connectivity index (χ1v) is 9.89. The highest BCUT2D eigenvalue weighted by Crippen LogP contribution is 2.13. The van der Waals surface area contributed by atoms with E-state index in [9.17, 15) is 24.3 Å². The largest absolute Gasteiger partial charge is 0.480 e. The Bertz CT molecular complexity index is 576. The van der Waals surface area contributed by atoms with Crippen molar-refractivity contribution in [2.45, 2.75) is 104 Å². The van der Waals surface area contributed by atoms with Crippen molar-refractivity contribution in [1.29, 1.82) is 0 Å². The highest BCUT2D eigenvalue weighted by atomic mass is 16.6. The number of aliphatic carboxylic acids is 1. The summed E-state index contributed by atoms with van der Waals surface area (Å²) < 4.78 is 10.5. The minimum absolute atomic E-state index is 0.0378. The van der Waals surface area contributed by atoms with Gasteiger partial charge in [-0.3, -0.25) is 4.79 Å². The number of nitrogens with one attached hydrogen (secondary N) is 2. The van der Waals surface area contributed by atoms with Gasteiger partial charge in [-0.1, -0.05) is 19.8 Å². The summed E-state index contributed by atoms with van der Waals surface area (Å²) in [5, 5.41) is 14.0. The van der Waals surface area contributed by atoms with Gasteiger partial charge in [0.05, 0.1) is 0 Å². The van der Waals surface area contributed by atoms with Gasteiger partial charge in [-0.05, 0) is 54.4 Å². The average Bonchev–Trinajstić information content (AvgIpc) is 2.51. The summed E-state index contributed by atoms with van der Waals surface area (Å²) in [5.74, 6) is -2.38. The van der Waals surface area contributed by atoms with Gasteiger partial charge in [-0.15, -0.1) is 0 Å². The molecule has 0 aliphatic carbocycles. The predicted octanol–water partition coefficient (Wildman–Crippen LogP) is 2.76. The molecule has 2 amide bonds. The molecule has 0 spiro atoms. The molecule has 0 fully saturated rings. The molecule has 0 bridgehead atoms. The lowest BCUT2D eigenvalue weighted by Gasteiger charge is -2.25. The Morgan fingerprint density at radius 3 is 1.83 bits per heavy atom. The number of unbranched alkanes of at least 4 members (excludes halogenated alkanes) is 1. The molecule has 0 heterocycles. The maximum atomic E-state index is 12.5. The number of hydrogen-bond donors (Lipinski definition) is 3. The van der Waals surface area contributed by atoms with Crippen LogP contribution in [0.5, 0.6) is 0 Å². The fourth-order valence-electron chi connectivity index (χ4n) is 2.30. The molecule has 168 valence electrons. The first kappa shape index (κ1) is 26.7. The smallest absolute Gasteiger partial charge is 0.329 e. The summed E-state index contributed by atoms with van der Waals surface area (Å²) in [6, 6.07) is -3.00. The zero-order chi connectivity index (χ0) is 22.8. The lowest BCUT2D eigenvalue weighted by atomic mass is 10.1. The SMILES string of the molecule is CCCCC(NC(=O)N[C@@H](CCC(=O)OC(C)(C)C)C(=O)OC(C)(C)C)C(=O)O. The third-order valence-electron chi connectivity index (χ3n) is 3.50. The van der Waals surface area contributed by atoms with Crippen molar-refractivity contribution in [2.24, 2.45) is 0 Å². The van der Waals surface area contributed by atoms with Crippen LogP contribution in [0.25, 0.3) is 0 Å². The maximum Gasteiger partial charge on any atom is 0.329 e. The number of hydrogen-bond acceptors (Lipinski definition) is 6. The predicted molar refractivity (Wildman–Crippen MR) is 107 cm³/mol. The van der Waals surface area contributed by atoms with Gasteiger partial charge in [0.2, 0.25) is 0 Å². The molecule has 29 heavy (non-hydrogen) atoms. The van der Waals surface area contributed by atoms with E-state index in [0.29, 0.717) is 6.42 Å². The van der Waals surface area contributed by atoms with E-state index in [4.69, 9.17) is 9.47 Å². The Kier molecular flexibility index (Phi) is 10.7. The second-order valence-electron chi connectivity index (χ2n) is 8.86. The van der Waals surface area contributed by atoms with E-state index < -0.39 is 47.2 Å². The zero-order valence-corrected chi connectivity index (χ0v) is 18.6. The molecule has 0 radical (unpaired) electrons. The Hall–Kier alpha value is -2.32. The van der Waals surface area contributed by atoms with Gasteiger partial charge in [0.15, 0.2) is 0 Å². The van der Waals surface area contributed by atoms with Crippen LogP contribution in [-0.4, -0.2) is 52.3 Å². The number of amides is 2. The van der Waals surface area contributed by atoms with Gasteiger partial charge in [-0.25, -0.2) is 14.4 Å². The van der Waals surface area contributed by atoms with E-state index >= 15 is 0 Å². The maximum absolute atomic E-state index is 12.5. The van der Waals surface area contributed by atoms with E-state index in [2.05, 4.69) is 10.6 Å². The Labute approximate surface area is 172 Å². The lowest BCUT2D eigenvalue weighted by molar-refractivity contribution is -0.158. The van der Waals surface area contributed by atoms with Crippen LogP contribution < -0.4 is 10.6 Å². The monoisotopic (exact) mass is 416 g/mol. The second kappa shape index (κ2) is 11.6. The number of carbonyl (C=O) groups is 4. The van der Waals surface area contributed by atoms with Crippen molar-refractivity contribution in [2.75, 3.05) is 0 Å². The minimum Gasteiger partial charge on any atom is -0.480 e. The van der Waals surface area contributed by atoms with E-state index in [1.807, 2.05) is 6.92 Å². The van der Waals surface area contributed by atoms with Crippen LogP contribution in [-0.2, 0) is 23.9 Å². The third kappa shape index (κ3) is 13.5. The van der Waals surface area contributed by atoms with Crippen LogP contribution in [0.2, 0.25) is 0 Å². The Balaban J connectivity index is 5.08. The lowest BCUT2D eigenvalue weighted by Crippen LogP contribution is -2.52. The molecule has 1 unspecified atom stereocenters. The van der Waals surface area contributed by atoms with Crippen molar-refractivity contribution in [3.8, 4) is 0 Å². The molecular formula is C20H36N2O7. The molecular weight excluding hydrogens is 380 g/mol. The number of carbonyl (C=O) groups excluding carboxylic acids is 3. The van der Waals surface area contributed by atoms with Crippen molar-refractivity contribution in [3.05, 3.63) is 0 Å². The average molecular weight is 417 g/mol. The first-order valence-electron chi connectivity index (χ1n) is 9.89. The Morgan fingerprint density at radius 1 is 0.862 bits per heavy atom. The molecule has 2 atom stereocenters. The summed E-state index contributed by atoms with van der Waals surface area (Å²) in [4.78, 5) is 48.0. The molecule has 0 aromatic rings. The molecule has 0 aliphatic rings. The molecule has 0 aromatic carbocycles.